The molecule has 0 amide bonds. The van der Waals surface area contributed by atoms with Gasteiger partial charge in [-0.25, -0.2) is 9.97 Å². The number of benzene rings is 1. The van der Waals surface area contributed by atoms with Crippen LogP contribution in [0.1, 0.15) is 51.9 Å². The minimum Gasteiger partial charge on any atom is -0.364 e. The van der Waals surface area contributed by atoms with Gasteiger partial charge in [-0.3, -0.25) is 4.79 Å². The highest BCUT2D eigenvalue weighted by molar-refractivity contribution is 7.19. The Balaban J connectivity index is 1.62. The molecule has 2 aliphatic rings. The van der Waals surface area contributed by atoms with E-state index in [1.807, 2.05) is 4.90 Å². The summed E-state index contributed by atoms with van der Waals surface area (Å²) in [5, 5.41) is 0.0917. The van der Waals surface area contributed by atoms with Crippen molar-refractivity contribution >= 4 is 32.5 Å². The fourth-order valence-electron chi connectivity index (χ4n) is 4.36. The van der Waals surface area contributed by atoms with Crippen LogP contribution in [0.4, 0.5) is 13.2 Å². The first kappa shape index (κ1) is 22.0. The van der Waals surface area contributed by atoms with Gasteiger partial charge in [0.15, 0.2) is 6.29 Å². The Hall–Kier alpha value is -2.24. The molecule has 9 heteroatoms. The van der Waals surface area contributed by atoms with Gasteiger partial charge in [0.05, 0.1) is 29.2 Å². The van der Waals surface area contributed by atoms with Crippen LogP contribution in [0.2, 0.25) is 0 Å². The normalized spacial score (nSPS) is 21.3. The summed E-state index contributed by atoms with van der Waals surface area (Å²) in [7, 11) is 3.30. The molecule has 1 aliphatic heterocycles. The van der Waals surface area contributed by atoms with Gasteiger partial charge in [-0.05, 0) is 48.7 Å². The zero-order valence-electron chi connectivity index (χ0n) is 16.7. The number of aromatic nitrogens is 2. The average Bonchev–Trinajstić information content (AvgIpc) is 3.53. The molecule has 4 nitrogen and oxygen atoms in total. The van der Waals surface area contributed by atoms with Gasteiger partial charge in [0, 0.05) is 12.5 Å². The van der Waals surface area contributed by atoms with Gasteiger partial charge in [-0.1, -0.05) is 29.3 Å². The third-order valence-corrected chi connectivity index (χ3v) is 6.48. The van der Waals surface area contributed by atoms with Gasteiger partial charge in [0.2, 0.25) is 0 Å². The lowest BCUT2D eigenvalue weighted by atomic mass is 9.95. The van der Waals surface area contributed by atoms with Crippen molar-refractivity contribution in [2.75, 3.05) is 6.54 Å². The summed E-state index contributed by atoms with van der Waals surface area (Å²) >= 11 is 6.02. The fourth-order valence-corrected chi connectivity index (χ4v) is 4.96. The zero-order valence-corrected chi connectivity index (χ0v) is 18.5. The van der Waals surface area contributed by atoms with Gasteiger partial charge in [0.1, 0.15) is 11.4 Å². The number of aldehydes is 1. The predicted octanol–water partition coefficient (Wildman–Crippen LogP) is 5.03. The molecule has 2 atom stereocenters. The maximum atomic E-state index is 13.6. The minimum absolute atomic E-state index is 0.0527. The third-order valence-electron chi connectivity index (χ3n) is 5.92. The Labute approximate surface area is 185 Å². The molecule has 0 N–H and O–H groups in total. The van der Waals surface area contributed by atoms with Crippen LogP contribution in [0, 0.1) is 6.92 Å². The first-order valence-corrected chi connectivity index (χ1v) is 10.8. The molecule has 0 saturated heterocycles. The molecule has 0 bridgehead atoms. The van der Waals surface area contributed by atoms with Crippen LogP contribution < -0.4 is 0 Å². The quantitative estimate of drug-likeness (QED) is 0.353. The number of alkyl halides is 3. The number of nitrogens with zero attached hydrogens (tertiary/aromatic N) is 3. The van der Waals surface area contributed by atoms with E-state index in [2.05, 4.69) is 18.8 Å². The average molecular weight is 466 g/mol. The van der Waals surface area contributed by atoms with Gasteiger partial charge >= 0.3 is 6.18 Å². The molecule has 1 aromatic carbocycles. The highest BCUT2D eigenvalue weighted by Gasteiger charge is 2.47. The first-order valence-electron chi connectivity index (χ1n) is 9.85. The van der Waals surface area contributed by atoms with Gasteiger partial charge < -0.3 is 4.90 Å². The number of carbonyl (C=O) groups is 1. The lowest BCUT2D eigenvalue weighted by Gasteiger charge is -2.31. The van der Waals surface area contributed by atoms with Crippen LogP contribution >= 0.6 is 20.5 Å². The topological polar surface area (TPSA) is 46.1 Å². The number of hydrogen-bond acceptors (Lipinski definition) is 4. The maximum absolute atomic E-state index is 13.6. The molecule has 0 spiro atoms. The molecule has 1 fully saturated rings. The minimum atomic E-state index is -4.38. The summed E-state index contributed by atoms with van der Waals surface area (Å²) in [5.74, 6) is 1.34. The Morgan fingerprint density at radius 2 is 2.06 bits per heavy atom. The second-order valence-electron chi connectivity index (χ2n) is 7.89. The second kappa shape index (κ2) is 8.36. The van der Waals surface area contributed by atoms with Crippen molar-refractivity contribution in [1.29, 1.82) is 0 Å². The van der Waals surface area contributed by atoms with E-state index in [0.29, 0.717) is 49.0 Å². The highest BCUT2D eigenvalue weighted by atomic mass is 35.5. The predicted molar refractivity (Wildman–Crippen MR) is 116 cm³/mol. The molecule has 1 aromatic heterocycles. The zero-order chi connectivity index (χ0) is 22.3. The van der Waals surface area contributed by atoms with Crippen LogP contribution in [-0.4, -0.2) is 33.5 Å². The van der Waals surface area contributed by atoms with Gasteiger partial charge in [-0.2, -0.15) is 13.2 Å². The molecule has 2 heterocycles. The van der Waals surface area contributed by atoms with E-state index >= 15 is 0 Å². The highest BCUT2D eigenvalue weighted by Crippen LogP contribution is 2.57. The van der Waals surface area contributed by atoms with E-state index in [9.17, 15) is 18.0 Å². The summed E-state index contributed by atoms with van der Waals surface area (Å²) in [5.41, 5.74) is 3.57. The summed E-state index contributed by atoms with van der Waals surface area (Å²) < 4.78 is 40.8. The molecule has 31 heavy (non-hydrogen) atoms. The number of halogens is 4. The Kier molecular flexibility index (Phi) is 5.93. The van der Waals surface area contributed by atoms with Crippen molar-refractivity contribution in [3.8, 4) is 0 Å². The number of hydrogen-bond donors (Lipinski definition) is 0. The van der Waals surface area contributed by atoms with Crippen LogP contribution in [0.25, 0.3) is 0 Å². The summed E-state index contributed by atoms with van der Waals surface area (Å²) in [6.45, 7) is 2.71. The van der Waals surface area contributed by atoms with Crippen molar-refractivity contribution in [1.82, 2.24) is 14.9 Å². The van der Waals surface area contributed by atoms with E-state index in [4.69, 9.17) is 11.6 Å². The van der Waals surface area contributed by atoms with Crippen LogP contribution in [0.15, 0.2) is 35.3 Å². The summed E-state index contributed by atoms with van der Waals surface area (Å²) in [6.07, 6.45) is -1.07. The lowest BCUT2D eigenvalue weighted by molar-refractivity contribution is -0.138. The number of rotatable bonds is 5. The Morgan fingerprint density at radius 3 is 2.74 bits per heavy atom. The van der Waals surface area contributed by atoms with Crippen molar-refractivity contribution in [2.24, 2.45) is 0 Å². The monoisotopic (exact) mass is 465 g/mol. The maximum Gasteiger partial charge on any atom is 0.416 e. The number of carbonyl (C=O) groups excluding carboxylic acids is 1. The smallest absolute Gasteiger partial charge is 0.364 e. The van der Waals surface area contributed by atoms with Crippen molar-refractivity contribution in [3.63, 3.8) is 0 Å². The second-order valence-corrected chi connectivity index (χ2v) is 8.58. The molecule has 0 radical (unpaired) electrons. The van der Waals surface area contributed by atoms with Crippen LogP contribution in [0.3, 0.4) is 0 Å². The molecule has 1 aliphatic carbocycles. The summed E-state index contributed by atoms with van der Waals surface area (Å²) in [6, 6.07) is 4.55. The lowest BCUT2D eigenvalue weighted by Crippen LogP contribution is -2.32. The standard InChI is InChI=1S/C22H20ClF3N3OP/c1-12-2-3-13(17(6-12)22(24,25)26)15-7-16(15)21-14-4-5-29(8-19(14)27-11-28-21)20(10-31)18(23)9-30/h2-3,6,9-11,15-16,31H,4-5,7-8H2,1H3/b20-18-. The third kappa shape index (κ3) is 4.26. The van der Waals surface area contributed by atoms with E-state index in [1.165, 1.54) is 12.4 Å². The Morgan fingerprint density at radius 1 is 1.29 bits per heavy atom. The van der Waals surface area contributed by atoms with E-state index < -0.39 is 11.7 Å². The van der Waals surface area contributed by atoms with Crippen molar-refractivity contribution < 1.29 is 18.0 Å². The van der Waals surface area contributed by atoms with Crippen LogP contribution in [-0.2, 0) is 23.9 Å². The molecule has 2 aromatic rings. The number of fused-ring (bicyclic) bond motifs is 1. The largest absolute Gasteiger partial charge is 0.416 e. The number of aryl methyl sites for hydroxylation is 1. The molecular weight excluding hydrogens is 446 g/mol. The Bertz CT molecular complexity index is 1090. The first-order chi connectivity index (χ1) is 14.7. The SMILES string of the molecule is Cc1ccc(C2CC2c2ncnc3c2CCN(/C(C=P)=C(\Cl)C=O)C3)c(C(F)(F)F)c1. The summed E-state index contributed by atoms with van der Waals surface area (Å²) in [4.78, 5) is 21.9. The van der Waals surface area contributed by atoms with Crippen LogP contribution in [0.5, 0.6) is 0 Å². The van der Waals surface area contributed by atoms with E-state index in [-0.39, 0.29) is 16.9 Å². The number of allylic oxidation sites excluding steroid dienone is 2. The van der Waals surface area contributed by atoms with E-state index in [1.54, 1.807) is 24.9 Å². The van der Waals surface area contributed by atoms with Crippen molar-refractivity contribution in [3.05, 3.63) is 68.9 Å². The van der Waals surface area contributed by atoms with E-state index in [0.717, 1.165) is 17.0 Å². The molecule has 162 valence electrons. The fraction of sp³-hybridized carbons (Fsp3) is 0.364. The molecule has 4 rings (SSSR count). The molecule has 2 unspecified atom stereocenters. The van der Waals surface area contributed by atoms with Gasteiger partial charge in [-0.15, -0.1) is 8.86 Å². The molecule has 1 saturated carbocycles. The van der Waals surface area contributed by atoms with Gasteiger partial charge in [0.25, 0.3) is 0 Å². The van der Waals surface area contributed by atoms with Crippen molar-refractivity contribution in [2.45, 2.75) is 44.3 Å². The molecular formula is C22H20ClF3N3OP.